The van der Waals surface area contributed by atoms with Crippen LogP contribution in [0.25, 0.3) is 0 Å². The summed E-state index contributed by atoms with van der Waals surface area (Å²) < 4.78 is 5.83. The van der Waals surface area contributed by atoms with Gasteiger partial charge in [-0.2, -0.15) is 0 Å². The van der Waals surface area contributed by atoms with E-state index in [1.165, 1.54) is 12.4 Å². The van der Waals surface area contributed by atoms with Gasteiger partial charge in [-0.05, 0) is 28.1 Å². The van der Waals surface area contributed by atoms with E-state index < -0.39 is 5.91 Å². The van der Waals surface area contributed by atoms with E-state index in [-0.39, 0.29) is 11.5 Å². The first-order valence-electron chi connectivity index (χ1n) is 5.32. The first-order chi connectivity index (χ1) is 9.10. The second kappa shape index (κ2) is 5.66. The molecule has 7 heteroatoms. The molecular formula is C12H11BrN4O2. The number of carbonyl (C=O) groups excluding carboxylic acids is 1. The number of amides is 1. The van der Waals surface area contributed by atoms with Gasteiger partial charge in [0.25, 0.3) is 5.91 Å². The molecule has 0 aliphatic heterocycles. The molecule has 2 rings (SSSR count). The maximum Gasteiger partial charge on any atom is 0.275 e. The van der Waals surface area contributed by atoms with Crippen molar-refractivity contribution in [2.75, 3.05) is 18.2 Å². The molecule has 1 aromatic heterocycles. The molecule has 6 nitrogen and oxygen atoms in total. The van der Waals surface area contributed by atoms with E-state index in [9.17, 15) is 4.79 Å². The van der Waals surface area contributed by atoms with Crippen LogP contribution in [0.5, 0.6) is 5.75 Å². The van der Waals surface area contributed by atoms with Crippen molar-refractivity contribution < 1.29 is 9.53 Å². The molecule has 0 spiro atoms. The highest BCUT2D eigenvalue weighted by molar-refractivity contribution is 9.10. The minimum atomic E-state index is -0.395. The van der Waals surface area contributed by atoms with Gasteiger partial charge in [0.15, 0.2) is 0 Å². The first kappa shape index (κ1) is 13.3. The third kappa shape index (κ3) is 3.19. The molecule has 0 radical (unpaired) electrons. The topological polar surface area (TPSA) is 90.1 Å². The zero-order valence-electron chi connectivity index (χ0n) is 10.1. The molecular weight excluding hydrogens is 312 g/mol. The summed E-state index contributed by atoms with van der Waals surface area (Å²) in [4.78, 5) is 19.7. The van der Waals surface area contributed by atoms with Crippen molar-refractivity contribution in [3.63, 3.8) is 0 Å². The van der Waals surface area contributed by atoms with Crippen LogP contribution in [-0.2, 0) is 0 Å². The monoisotopic (exact) mass is 322 g/mol. The van der Waals surface area contributed by atoms with Crippen LogP contribution in [0.4, 0.5) is 11.5 Å². The molecule has 1 aromatic carbocycles. The van der Waals surface area contributed by atoms with Gasteiger partial charge in [0, 0.05) is 10.5 Å². The van der Waals surface area contributed by atoms with E-state index in [1.54, 1.807) is 25.3 Å². The summed E-state index contributed by atoms with van der Waals surface area (Å²) in [6.45, 7) is 0. The Kier molecular flexibility index (Phi) is 3.96. The second-order valence-corrected chi connectivity index (χ2v) is 4.48. The molecule has 19 heavy (non-hydrogen) atoms. The second-order valence-electron chi connectivity index (χ2n) is 3.63. The maximum absolute atomic E-state index is 12.0. The number of halogens is 1. The SMILES string of the molecule is COc1ccc(Br)c(NC(=O)c2cncc(N)n2)c1. The number of ether oxygens (including phenoxy) is 1. The zero-order valence-corrected chi connectivity index (χ0v) is 11.6. The van der Waals surface area contributed by atoms with Crippen LogP contribution in [0.2, 0.25) is 0 Å². The number of carbonyl (C=O) groups is 1. The van der Waals surface area contributed by atoms with Crippen LogP contribution >= 0.6 is 15.9 Å². The average Bonchev–Trinajstić information content (AvgIpc) is 2.41. The van der Waals surface area contributed by atoms with E-state index >= 15 is 0 Å². The normalized spacial score (nSPS) is 10.0. The lowest BCUT2D eigenvalue weighted by Gasteiger charge is -2.09. The van der Waals surface area contributed by atoms with Gasteiger partial charge in [0.1, 0.15) is 17.3 Å². The van der Waals surface area contributed by atoms with Gasteiger partial charge in [-0.3, -0.25) is 9.78 Å². The predicted molar refractivity (Wildman–Crippen MR) is 75.1 cm³/mol. The molecule has 3 N–H and O–H groups in total. The molecule has 98 valence electrons. The summed E-state index contributed by atoms with van der Waals surface area (Å²) >= 11 is 3.34. The Labute approximate surface area is 118 Å². The largest absolute Gasteiger partial charge is 0.497 e. The number of nitrogens with two attached hydrogens (primary N) is 1. The predicted octanol–water partition coefficient (Wildman–Crippen LogP) is 2.08. The lowest BCUT2D eigenvalue weighted by Crippen LogP contribution is -2.15. The van der Waals surface area contributed by atoms with Crippen molar-refractivity contribution in [3.05, 3.63) is 40.8 Å². The van der Waals surface area contributed by atoms with Crippen molar-refractivity contribution in [3.8, 4) is 5.75 Å². The number of methoxy groups -OCH3 is 1. The summed E-state index contributed by atoms with van der Waals surface area (Å²) in [5.74, 6) is 0.434. The number of aromatic nitrogens is 2. The number of nitrogens with zero attached hydrogens (tertiary/aromatic N) is 2. The Morgan fingerprint density at radius 3 is 2.89 bits per heavy atom. The zero-order chi connectivity index (χ0) is 13.8. The quantitative estimate of drug-likeness (QED) is 0.902. The third-order valence-electron chi connectivity index (χ3n) is 2.31. The fourth-order valence-corrected chi connectivity index (χ4v) is 1.75. The summed E-state index contributed by atoms with van der Waals surface area (Å²) in [6.07, 6.45) is 2.72. The average molecular weight is 323 g/mol. The number of benzene rings is 1. The minimum Gasteiger partial charge on any atom is -0.497 e. The van der Waals surface area contributed by atoms with Gasteiger partial charge >= 0.3 is 0 Å². The molecule has 0 bridgehead atoms. The van der Waals surface area contributed by atoms with E-state index in [1.807, 2.05) is 0 Å². The molecule has 1 amide bonds. The van der Waals surface area contributed by atoms with Crippen LogP contribution in [0.1, 0.15) is 10.5 Å². The van der Waals surface area contributed by atoms with Gasteiger partial charge in [-0.15, -0.1) is 0 Å². The molecule has 0 saturated carbocycles. The van der Waals surface area contributed by atoms with Gasteiger partial charge in [-0.1, -0.05) is 0 Å². The van der Waals surface area contributed by atoms with Crippen molar-refractivity contribution in [2.45, 2.75) is 0 Å². The van der Waals surface area contributed by atoms with Crippen molar-refractivity contribution in [1.29, 1.82) is 0 Å². The fourth-order valence-electron chi connectivity index (χ4n) is 1.40. The van der Waals surface area contributed by atoms with E-state index in [2.05, 4.69) is 31.2 Å². The van der Waals surface area contributed by atoms with Crippen molar-refractivity contribution in [2.24, 2.45) is 0 Å². The number of hydrogen-bond donors (Lipinski definition) is 2. The molecule has 0 aliphatic carbocycles. The molecule has 1 heterocycles. The first-order valence-corrected chi connectivity index (χ1v) is 6.12. The summed E-state index contributed by atoms with van der Waals surface area (Å²) in [5.41, 5.74) is 6.21. The van der Waals surface area contributed by atoms with Crippen LogP contribution in [0.15, 0.2) is 35.1 Å². The summed E-state index contributed by atoms with van der Waals surface area (Å²) in [7, 11) is 1.55. The number of nitrogens with one attached hydrogen (secondary N) is 1. The summed E-state index contributed by atoms with van der Waals surface area (Å²) in [5, 5.41) is 2.70. The number of nitrogen functional groups attached to an aromatic ring is 1. The molecule has 0 aliphatic rings. The van der Waals surface area contributed by atoms with Crippen molar-refractivity contribution in [1.82, 2.24) is 9.97 Å². The minimum absolute atomic E-state index is 0.148. The Bertz CT molecular complexity index is 618. The van der Waals surface area contributed by atoms with E-state index in [0.717, 1.165) is 4.47 Å². The molecule has 2 aromatic rings. The fraction of sp³-hybridized carbons (Fsp3) is 0.0833. The third-order valence-corrected chi connectivity index (χ3v) is 3.00. The van der Waals surface area contributed by atoms with Gasteiger partial charge in [-0.25, -0.2) is 4.98 Å². The Morgan fingerprint density at radius 2 is 2.21 bits per heavy atom. The van der Waals surface area contributed by atoms with Gasteiger partial charge < -0.3 is 15.8 Å². The highest BCUT2D eigenvalue weighted by atomic mass is 79.9. The standard InChI is InChI=1S/C12H11BrN4O2/c1-19-7-2-3-8(13)9(4-7)17-12(18)10-5-15-6-11(14)16-10/h2-6H,1H3,(H2,14,16)(H,17,18). The Hall–Kier alpha value is -2.15. The van der Waals surface area contributed by atoms with E-state index in [0.29, 0.717) is 11.4 Å². The lowest BCUT2D eigenvalue weighted by atomic mass is 10.3. The van der Waals surface area contributed by atoms with Crippen LogP contribution in [0.3, 0.4) is 0 Å². The van der Waals surface area contributed by atoms with Crippen molar-refractivity contribution >= 4 is 33.3 Å². The molecule has 0 fully saturated rings. The molecule has 0 atom stereocenters. The lowest BCUT2D eigenvalue weighted by molar-refractivity contribution is 0.102. The highest BCUT2D eigenvalue weighted by Crippen LogP contribution is 2.27. The van der Waals surface area contributed by atoms with E-state index in [4.69, 9.17) is 10.5 Å². The van der Waals surface area contributed by atoms with Gasteiger partial charge in [0.2, 0.25) is 0 Å². The molecule has 0 unspecified atom stereocenters. The van der Waals surface area contributed by atoms with Crippen LogP contribution in [-0.4, -0.2) is 23.0 Å². The smallest absolute Gasteiger partial charge is 0.275 e. The summed E-state index contributed by atoms with van der Waals surface area (Å²) in [6, 6.07) is 5.25. The van der Waals surface area contributed by atoms with Crippen LogP contribution < -0.4 is 15.8 Å². The Balaban J connectivity index is 2.23. The highest BCUT2D eigenvalue weighted by Gasteiger charge is 2.11. The van der Waals surface area contributed by atoms with Gasteiger partial charge in [0.05, 0.1) is 25.2 Å². The maximum atomic E-state index is 12.0. The Morgan fingerprint density at radius 1 is 1.42 bits per heavy atom. The number of hydrogen-bond acceptors (Lipinski definition) is 5. The molecule has 0 saturated heterocycles. The number of anilines is 2. The number of rotatable bonds is 3. The van der Waals surface area contributed by atoms with Crippen LogP contribution in [0, 0.1) is 0 Å².